The number of benzene rings is 1. The van der Waals surface area contributed by atoms with E-state index in [-0.39, 0.29) is 6.61 Å². The Morgan fingerprint density at radius 2 is 0.684 bits per heavy atom. The van der Waals surface area contributed by atoms with Gasteiger partial charge in [0.1, 0.15) is 6.61 Å². The molecule has 1 amide bonds. The lowest BCUT2D eigenvalue weighted by Crippen LogP contribution is -2.28. The second-order valence-corrected chi connectivity index (χ2v) is 13.1. The first-order valence-electron chi connectivity index (χ1n) is 20.3. The summed E-state index contributed by atoms with van der Waals surface area (Å²) in [5.74, 6) is 0. The van der Waals surface area contributed by atoms with Crippen LogP contribution in [0.5, 0.6) is 0 Å². The third-order valence-electron chi connectivity index (χ3n) is 7.36. The smallest absolute Gasteiger partial charge is 0.407 e. The van der Waals surface area contributed by atoms with Crippen LogP contribution >= 0.6 is 22.6 Å². The fourth-order valence-electron chi connectivity index (χ4n) is 4.39. The molecule has 0 unspecified atom stereocenters. The molecule has 1 rings (SSSR count). The summed E-state index contributed by atoms with van der Waals surface area (Å²) in [6.07, 6.45) is 4.49. The Bertz CT molecular complexity index is 928. The van der Waals surface area contributed by atoms with Gasteiger partial charge in [0.25, 0.3) is 0 Å². The van der Waals surface area contributed by atoms with Gasteiger partial charge in [-0.15, -0.1) is 0 Å². The van der Waals surface area contributed by atoms with Crippen LogP contribution in [-0.2, 0) is 72.9 Å². The molecule has 0 bridgehead atoms. The van der Waals surface area contributed by atoms with E-state index in [2.05, 4.69) is 27.9 Å². The average Bonchev–Trinajstić information content (AvgIpc) is 3.23. The molecule has 0 aliphatic rings. The van der Waals surface area contributed by atoms with E-state index in [4.69, 9.17) is 66.3 Å². The minimum absolute atomic E-state index is 0.236. The lowest BCUT2D eigenvalue weighted by Gasteiger charge is -2.09. The Morgan fingerprint density at radius 3 is 1.02 bits per heavy atom. The van der Waals surface area contributed by atoms with Crippen molar-refractivity contribution in [3.8, 4) is 0 Å². The minimum atomic E-state index is -0.470. The van der Waals surface area contributed by atoms with Gasteiger partial charge < -0.3 is 71.6 Å². The van der Waals surface area contributed by atoms with E-state index in [1.807, 2.05) is 30.3 Å². The molecule has 0 atom stereocenters. The van der Waals surface area contributed by atoms with Crippen LogP contribution in [0, 0.1) is 0 Å². The van der Waals surface area contributed by atoms with E-state index in [1.54, 1.807) is 0 Å². The molecule has 1 aromatic carbocycles. The van der Waals surface area contributed by atoms with E-state index in [1.165, 1.54) is 23.7 Å². The highest BCUT2D eigenvalue weighted by Gasteiger charge is 2.02. The topological polar surface area (TPSA) is 158 Å². The summed E-state index contributed by atoms with van der Waals surface area (Å²) in [5, 5.41) is 2.65. The highest BCUT2D eigenvalue weighted by Crippen LogP contribution is 2.02. The lowest BCUT2D eigenvalue weighted by molar-refractivity contribution is -0.0290. The van der Waals surface area contributed by atoms with Gasteiger partial charge in [-0.3, -0.25) is 0 Å². The molecule has 0 radical (unpaired) electrons. The van der Waals surface area contributed by atoms with Gasteiger partial charge in [0.15, 0.2) is 0 Å². The van der Waals surface area contributed by atoms with Crippen LogP contribution in [0.4, 0.5) is 4.79 Å². The van der Waals surface area contributed by atoms with Gasteiger partial charge in [-0.25, -0.2) is 4.79 Å². The van der Waals surface area contributed by atoms with Gasteiger partial charge in [-0.05, 0) is 22.8 Å². The van der Waals surface area contributed by atoms with Crippen LogP contribution in [0.2, 0.25) is 0 Å². The van der Waals surface area contributed by atoms with Crippen molar-refractivity contribution in [3.63, 3.8) is 0 Å². The first kappa shape index (κ1) is 53.7. The molecule has 0 heterocycles. The number of ether oxygens (including phenoxy) is 14. The second-order valence-electron chi connectivity index (χ2n) is 12.1. The summed E-state index contributed by atoms with van der Waals surface area (Å²) in [7, 11) is 0. The highest BCUT2D eigenvalue weighted by molar-refractivity contribution is 14.1. The Kier molecular flexibility index (Phi) is 44.7. The number of carbonyl (C=O) groups excluding carboxylic acids is 1. The molecule has 17 heteroatoms. The van der Waals surface area contributed by atoms with Crippen LogP contribution < -0.4 is 5.32 Å². The summed E-state index contributed by atoms with van der Waals surface area (Å²) in [5.41, 5.74) is 0.937. The molecule has 1 N–H and O–H groups in total. The molecule has 0 aromatic heterocycles. The maximum atomic E-state index is 11.7. The molecule has 334 valence electrons. The molecule has 0 aliphatic carbocycles. The van der Waals surface area contributed by atoms with Gasteiger partial charge in [0, 0.05) is 13.2 Å². The quantitative estimate of drug-likeness (QED) is 0.0565. The molecule has 16 nitrogen and oxygen atoms in total. The number of alkyl halides is 1. The van der Waals surface area contributed by atoms with Crippen molar-refractivity contribution in [1.29, 1.82) is 0 Å². The number of unbranched alkanes of at least 4 members (excludes halogenated alkanes) is 3. The van der Waals surface area contributed by atoms with Crippen molar-refractivity contribution in [3.05, 3.63) is 35.9 Å². The minimum Gasteiger partial charge on any atom is -0.445 e. The van der Waals surface area contributed by atoms with E-state index < -0.39 is 6.09 Å². The van der Waals surface area contributed by atoms with Crippen molar-refractivity contribution < 1.29 is 71.1 Å². The molecular formula is C40H72INO15. The van der Waals surface area contributed by atoms with E-state index >= 15 is 0 Å². The normalized spacial score (nSPS) is 11.4. The molecular weight excluding hydrogens is 861 g/mol. The number of nitrogens with one attached hydrogen (secondary N) is 1. The zero-order chi connectivity index (χ0) is 40.6. The molecule has 0 spiro atoms. The Labute approximate surface area is 354 Å². The number of rotatable bonds is 47. The van der Waals surface area contributed by atoms with Crippen LogP contribution in [0.25, 0.3) is 0 Å². The number of carbonyl (C=O) groups is 1. The lowest BCUT2D eigenvalue weighted by atomic mass is 10.2. The second kappa shape index (κ2) is 47.4. The standard InChI is InChI=1S/C40H72INO15/c41-10-6-1-2-7-12-44-14-16-46-18-20-48-22-24-50-26-28-52-30-32-54-34-36-56-37-35-55-33-31-53-29-27-51-25-23-49-21-19-47-17-15-45-13-11-42-40(43)57-38-39-8-4-3-5-9-39/h3-5,8-9H,1-2,6-7,10-38H2,(H,42,43). The van der Waals surface area contributed by atoms with Crippen LogP contribution in [0.3, 0.4) is 0 Å². The predicted molar refractivity (Wildman–Crippen MR) is 223 cm³/mol. The summed E-state index contributed by atoms with van der Waals surface area (Å²) in [6.45, 7) is 14.0. The van der Waals surface area contributed by atoms with E-state index in [9.17, 15) is 4.79 Å². The maximum Gasteiger partial charge on any atom is 0.407 e. The Morgan fingerprint density at radius 1 is 0.386 bits per heavy atom. The number of hydrogen-bond acceptors (Lipinski definition) is 15. The molecule has 0 fully saturated rings. The van der Waals surface area contributed by atoms with Crippen molar-refractivity contribution >= 4 is 28.7 Å². The number of hydrogen-bond donors (Lipinski definition) is 1. The fraction of sp³-hybridized carbons (Fsp3) is 0.825. The predicted octanol–water partition coefficient (Wildman–Crippen LogP) is 4.12. The van der Waals surface area contributed by atoms with Gasteiger partial charge in [0.05, 0.1) is 165 Å². The summed E-state index contributed by atoms with van der Waals surface area (Å²) in [4.78, 5) is 11.7. The van der Waals surface area contributed by atoms with Gasteiger partial charge in [0.2, 0.25) is 0 Å². The van der Waals surface area contributed by atoms with E-state index in [0.29, 0.717) is 172 Å². The molecule has 0 saturated carbocycles. The highest BCUT2D eigenvalue weighted by atomic mass is 127. The monoisotopic (exact) mass is 933 g/mol. The number of amides is 1. The van der Waals surface area contributed by atoms with Crippen LogP contribution in [-0.4, -0.2) is 189 Å². The third kappa shape index (κ3) is 44.1. The zero-order valence-electron chi connectivity index (χ0n) is 34.2. The van der Waals surface area contributed by atoms with Crippen molar-refractivity contribution in [1.82, 2.24) is 5.32 Å². The molecule has 0 saturated heterocycles. The largest absolute Gasteiger partial charge is 0.445 e. The van der Waals surface area contributed by atoms with Gasteiger partial charge >= 0.3 is 6.09 Å². The SMILES string of the molecule is O=C(NCCOCCOCCOCCOCCOCCOCCOCCOCCOCCOCCOCCOCCOCCCCCCI)OCc1ccccc1. The first-order chi connectivity index (χ1) is 28.3. The fourth-order valence-corrected chi connectivity index (χ4v) is 4.93. The zero-order valence-corrected chi connectivity index (χ0v) is 36.4. The molecule has 57 heavy (non-hydrogen) atoms. The van der Waals surface area contributed by atoms with Gasteiger partial charge in [-0.1, -0.05) is 65.8 Å². The van der Waals surface area contributed by atoms with Crippen molar-refractivity contribution in [2.45, 2.75) is 32.3 Å². The number of alkyl carbamates (subject to hydrolysis) is 1. The third-order valence-corrected chi connectivity index (χ3v) is 8.13. The maximum absolute atomic E-state index is 11.7. The van der Waals surface area contributed by atoms with E-state index in [0.717, 1.165) is 18.6 Å². The molecule has 0 aliphatic heterocycles. The summed E-state index contributed by atoms with van der Waals surface area (Å²) >= 11 is 2.42. The first-order valence-corrected chi connectivity index (χ1v) is 21.9. The Hall–Kier alpha value is -1.30. The summed E-state index contributed by atoms with van der Waals surface area (Å²) in [6, 6.07) is 9.51. The van der Waals surface area contributed by atoms with Crippen LogP contribution in [0.1, 0.15) is 31.2 Å². The van der Waals surface area contributed by atoms with Gasteiger partial charge in [-0.2, -0.15) is 0 Å². The van der Waals surface area contributed by atoms with Crippen molar-refractivity contribution in [2.24, 2.45) is 0 Å². The van der Waals surface area contributed by atoms with Crippen LogP contribution in [0.15, 0.2) is 30.3 Å². The average molecular weight is 934 g/mol. The van der Waals surface area contributed by atoms with Crippen molar-refractivity contribution in [2.75, 3.05) is 183 Å². The molecule has 1 aromatic rings. The number of halogens is 1. The summed E-state index contributed by atoms with van der Waals surface area (Å²) < 4.78 is 77.8. The Balaban J connectivity index is 1.61.